The van der Waals surface area contributed by atoms with Gasteiger partial charge in [0.15, 0.2) is 0 Å². The molecule has 0 aromatic carbocycles. The maximum atomic E-state index is 11.5. The van der Waals surface area contributed by atoms with Crippen LogP contribution in [0.2, 0.25) is 10.3 Å². The molecule has 4 nitrogen and oxygen atoms in total. The molecule has 6 heteroatoms. The number of rotatable bonds is 3. The summed E-state index contributed by atoms with van der Waals surface area (Å²) in [5, 5.41) is 8.53. The Hall–Kier alpha value is -1.39. The zero-order chi connectivity index (χ0) is 11.6. The summed E-state index contributed by atoms with van der Waals surface area (Å²) in [5.74, 6) is -2.18. The van der Waals surface area contributed by atoms with Gasteiger partial charge in [0.25, 0.3) is 0 Å². The number of ketones is 1. The predicted octanol–water partition coefficient (Wildman–Crippen LogP) is 2.21. The molecule has 0 aliphatic heterocycles. The second-order valence-corrected chi connectivity index (χ2v) is 3.33. The van der Waals surface area contributed by atoms with Crippen LogP contribution in [0.3, 0.4) is 0 Å². The lowest BCUT2D eigenvalue weighted by molar-refractivity contribution is -0.132. The molecular formula is C9H5Cl2NO3. The summed E-state index contributed by atoms with van der Waals surface area (Å²) < 4.78 is 0. The molecule has 0 spiro atoms. The van der Waals surface area contributed by atoms with Crippen molar-refractivity contribution in [3.63, 3.8) is 0 Å². The van der Waals surface area contributed by atoms with E-state index in [2.05, 4.69) is 11.6 Å². The predicted molar refractivity (Wildman–Crippen MR) is 55.4 cm³/mol. The SMILES string of the molecule is C=C(C(=O)O)C(=O)c1ccc(Cl)nc1Cl. The monoisotopic (exact) mass is 245 g/mol. The number of nitrogens with zero attached hydrogens (tertiary/aromatic N) is 1. The van der Waals surface area contributed by atoms with E-state index in [4.69, 9.17) is 28.3 Å². The number of carboxylic acid groups (broad SMARTS) is 1. The molecule has 0 unspecified atom stereocenters. The van der Waals surface area contributed by atoms with Gasteiger partial charge >= 0.3 is 5.97 Å². The number of carbonyl (C=O) groups excluding carboxylic acids is 1. The van der Waals surface area contributed by atoms with Crippen LogP contribution in [0.15, 0.2) is 24.3 Å². The molecule has 0 aliphatic carbocycles. The Balaban J connectivity index is 3.12. The Morgan fingerprint density at radius 2 is 1.93 bits per heavy atom. The fourth-order valence-corrected chi connectivity index (χ4v) is 1.27. The van der Waals surface area contributed by atoms with Crippen LogP contribution in [-0.2, 0) is 4.79 Å². The van der Waals surface area contributed by atoms with Gasteiger partial charge in [0, 0.05) is 0 Å². The number of halogens is 2. The van der Waals surface area contributed by atoms with Crippen molar-refractivity contribution in [2.24, 2.45) is 0 Å². The molecule has 0 amide bonds. The van der Waals surface area contributed by atoms with Crippen molar-refractivity contribution in [2.75, 3.05) is 0 Å². The molecule has 78 valence electrons. The van der Waals surface area contributed by atoms with Gasteiger partial charge in [-0.05, 0) is 12.1 Å². The third-order valence-corrected chi connectivity index (χ3v) is 2.09. The summed E-state index contributed by atoms with van der Waals surface area (Å²) in [6.07, 6.45) is 0. The van der Waals surface area contributed by atoms with Crippen LogP contribution >= 0.6 is 23.2 Å². The van der Waals surface area contributed by atoms with Crippen molar-refractivity contribution in [3.8, 4) is 0 Å². The topological polar surface area (TPSA) is 67.3 Å². The second kappa shape index (κ2) is 4.42. The highest BCUT2D eigenvalue weighted by Crippen LogP contribution is 2.19. The fourth-order valence-electron chi connectivity index (χ4n) is 0.841. The van der Waals surface area contributed by atoms with E-state index in [0.29, 0.717) is 0 Å². The van der Waals surface area contributed by atoms with Crippen molar-refractivity contribution in [3.05, 3.63) is 40.2 Å². The van der Waals surface area contributed by atoms with E-state index in [9.17, 15) is 9.59 Å². The average Bonchev–Trinajstić information content (AvgIpc) is 2.15. The Kier molecular flexibility index (Phi) is 3.44. The first-order valence-corrected chi connectivity index (χ1v) is 4.48. The van der Waals surface area contributed by atoms with Gasteiger partial charge in [-0.1, -0.05) is 29.8 Å². The van der Waals surface area contributed by atoms with E-state index in [1.54, 1.807) is 0 Å². The number of carbonyl (C=O) groups is 2. The maximum absolute atomic E-state index is 11.5. The van der Waals surface area contributed by atoms with Crippen LogP contribution in [-0.4, -0.2) is 21.8 Å². The lowest BCUT2D eigenvalue weighted by Crippen LogP contribution is -2.12. The zero-order valence-corrected chi connectivity index (χ0v) is 8.84. The lowest BCUT2D eigenvalue weighted by Gasteiger charge is -2.02. The molecule has 0 fully saturated rings. The van der Waals surface area contributed by atoms with Crippen LogP contribution in [0.5, 0.6) is 0 Å². The van der Waals surface area contributed by atoms with Gasteiger partial charge in [-0.25, -0.2) is 9.78 Å². The van der Waals surface area contributed by atoms with Gasteiger partial charge in [-0.3, -0.25) is 4.79 Å². The van der Waals surface area contributed by atoms with Crippen molar-refractivity contribution in [2.45, 2.75) is 0 Å². The first kappa shape index (κ1) is 11.7. The summed E-state index contributed by atoms with van der Waals surface area (Å²) in [6, 6.07) is 2.64. The van der Waals surface area contributed by atoms with Crippen molar-refractivity contribution >= 4 is 35.0 Å². The van der Waals surface area contributed by atoms with Crippen LogP contribution in [0.4, 0.5) is 0 Å². The van der Waals surface area contributed by atoms with E-state index < -0.39 is 17.3 Å². The molecule has 0 aliphatic rings. The molecule has 15 heavy (non-hydrogen) atoms. The Morgan fingerprint density at radius 3 is 2.40 bits per heavy atom. The Labute approximate surface area is 95.1 Å². The standard InChI is InChI=1S/C9H5Cl2NO3/c1-4(9(14)15)7(13)5-2-3-6(10)12-8(5)11/h2-3H,1H2,(H,14,15). The molecular weight excluding hydrogens is 241 g/mol. The van der Waals surface area contributed by atoms with E-state index in [1.807, 2.05) is 0 Å². The normalized spacial score (nSPS) is 9.73. The fraction of sp³-hybridized carbons (Fsp3) is 0. The number of pyridine rings is 1. The van der Waals surface area contributed by atoms with Crippen molar-refractivity contribution in [1.82, 2.24) is 4.98 Å². The molecule has 0 radical (unpaired) electrons. The van der Waals surface area contributed by atoms with E-state index in [0.717, 1.165) is 0 Å². The zero-order valence-electron chi connectivity index (χ0n) is 7.33. The highest BCUT2D eigenvalue weighted by molar-refractivity contribution is 6.37. The van der Waals surface area contributed by atoms with E-state index >= 15 is 0 Å². The van der Waals surface area contributed by atoms with Gasteiger partial charge in [0.05, 0.1) is 5.56 Å². The number of Topliss-reactive ketones (excluding diaryl/α,β-unsaturated/α-hetero) is 1. The van der Waals surface area contributed by atoms with Gasteiger partial charge in [-0.2, -0.15) is 0 Å². The molecule has 1 aromatic heterocycles. The highest BCUT2D eigenvalue weighted by atomic mass is 35.5. The molecule has 1 rings (SSSR count). The maximum Gasteiger partial charge on any atom is 0.339 e. The molecule has 1 aromatic rings. The molecule has 0 saturated carbocycles. The highest BCUT2D eigenvalue weighted by Gasteiger charge is 2.19. The van der Waals surface area contributed by atoms with Crippen molar-refractivity contribution in [1.29, 1.82) is 0 Å². The Bertz CT molecular complexity index is 457. The smallest absolute Gasteiger partial charge is 0.339 e. The number of hydrogen-bond acceptors (Lipinski definition) is 3. The summed E-state index contributed by atoms with van der Waals surface area (Å²) in [4.78, 5) is 25.6. The van der Waals surface area contributed by atoms with Gasteiger partial charge in [-0.15, -0.1) is 0 Å². The summed E-state index contributed by atoms with van der Waals surface area (Å²) in [7, 11) is 0. The van der Waals surface area contributed by atoms with E-state index in [-0.39, 0.29) is 15.9 Å². The first-order chi connectivity index (χ1) is 6.93. The average molecular weight is 246 g/mol. The first-order valence-electron chi connectivity index (χ1n) is 3.72. The Morgan fingerprint density at radius 1 is 1.33 bits per heavy atom. The number of hydrogen-bond donors (Lipinski definition) is 1. The van der Waals surface area contributed by atoms with Crippen molar-refractivity contribution < 1.29 is 14.7 Å². The largest absolute Gasteiger partial charge is 0.478 e. The van der Waals surface area contributed by atoms with Gasteiger partial charge in [0.1, 0.15) is 15.9 Å². The quantitative estimate of drug-likeness (QED) is 0.292. The minimum atomic E-state index is -1.40. The van der Waals surface area contributed by atoms with E-state index in [1.165, 1.54) is 12.1 Å². The lowest BCUT2D eigenvalue weighted by atomic mass is 10.1. The third kappa shape index (κ3) is 2.55. The minimum absolute atomic E-state index is 0.0338. The summed E-state index contributed by atoms with van der Waals surface area (Å²) >= 11 is 11.1. The number of aliphatic carboxylic acids is 1. The number of carboxylic acids is 1. The molecule has 1 heterocycles. The third-order valence-electron chi connectivity index (χ3n) is 1.59. The van der Waals surface area contributed by atoms with Crippen LogP contribution in [0, 0.1) is 0 Å². The molecule has 0 bridgehead atoms. The summed E-state index contributed by atoms with van der Waals surface area (Å²) in [6.45, 7) is 3.13. The van der Waals surface area contributed by atoms with Crippen LogP contribution < -0.4 is 0 Å². The van der Waals surface area contributed by atoms with Crippen LogP contribution in [0.1, 0.15) is 10.4 Å². The van der Waals surface area contributed by atoms with Crippen LogP contribution in [0.25, 0.3) is 0 Å². The minimum Gasteiger partial charge on any atom is -0.478 e. The number of aromatic nitrogens is 1. The molecule has 0 atom stereocenters. The van der Waals surface area contributed by atoms with Gasteiger partial charge < -0.3 is 5.11 Å². The van der Waals surface area contributed by atoms with Gasteiger partial charge in [0.2, 0.25) is 5.78 Å². The summed E-state index contributed by atoms with van der Waals surface area (Å²) in [5.41, 5.74) is -0.602. The molecule has 0 saturated heterocycles. The molecule has 1 N–H and O–H groups in total. The second-order valence-electron chi connectivity index (χ2n) is 2.59.